The monoisotopic (exact) mass is 304 g/mol. The molecule has 0 aromatic carbocycles. The van der Waals surface area contributed by atoms with Crippen LogP contribution in [-0.4, -0.2) is 65.0 Å². The van der Waals surface area contributed by atoms with Crippen LogP contribution in [0.15, 0.2) is 0 Å². The maximum absolute atomic E-state index is 11.7. The first-order valence-electron chi connectivity index (χ1n) is 6.44. The van der Waals surface area contributed by atoms with Crippen molar-refractivity contribution in [2.24, 2.45) is 5.92 Å². The summed E-state index contributed by atoms with van der Waals surface area (Å²) < 4.78 is 0. The van der Waals surface area contributed by atoms with Gasteiger partial charge in [-0.2, -0.15) is 0 Å². The van der Waals surface area contributed by atoms with E-state index in [9.17, 15) is 4.79 Å². The molecule has 5 heteroatoms. The van der Waals surface area contributed by atoms with Gasteiger partial charge >= 0.3 is 0 Å². The molecule has 1 unspecified atom stereocenters. The van der Waals surface area contributed by atoms with Crippen LogP contribution in [0.1, 0.15) is 19.3 Å². The van der Waals surface area contributed by atoms with Crippen molar-refractivity contribution in [3.05, 3.63) is 0 Å². The number of β-amino-alcohol motifs (C(OH)–C–C–N with tert-alkyl or cyclic N) is 1. The van der Waals surface area contributed by atoms with Gasteiger partial charge in [0.25, 0.3) is 0 Å². The smallest absolute Gasteiger partial charge is 0.223 e. The summed E-state index contributed by atoms with van der Waals surface area (Å²) in [6.45, 7) is 4.96. The van der Waals surface area contributed by atoms with Crippen LogP contribution in [0.3, 0.4) is 0 Å². The largest absolute Gasteiger partial charge is 0.395 e. The first kappa shape index (κ1) is 13.3. The van der Waals surface area contributed by atoms with Crippen LogP contribution < -0.4 is 0 Å². The molecule has 2 rings (SSSR count). The number of piperidine rings is 1. The second-order valence-corrected chi connectivity index (χ2v) is 6.40. The Kier molecular flexibility index (Phi) is 4.82. The molecule has 1 amide bonds. The minimum Gasteiger partial charge on any atom is -0.395 e. The zero-order valence-electron chi connectivity index (χ0n) is 10.1. The summed E-state index contributed by atoms with van der Waals surface area (Å²) in [7, 11) is 0. The lowest BCUT2D eigenvalue weighted by molar-refractivity contribution is -0.128. The van der Waals surface area contributed by atoms with Crippen LogP contribution in [0.4, 0.5) is 0 Å². The van der Waals surface area contributed by atoms with Gasteiger partial charge in [-0.05, 0) is 31.8 Å². The maximum Gasteiger partial charge on any atom is 0.223 e. The molecule has 1 atom stereocenters. The molecule has 0 aromatic heterocycles. The molecule has 4 nitrogen and oxygen atoms in total. The van der Waals surface area contributed by atoms with Crippen molar-refractivity contribution in [2.45, 2.75) is 24.1 Å². The van der Waals surface area contributed by atoms with Gasteiger partial charge < -0.3 is 14.9 Å². The fourth-order valence-electron chi connectivity index (χ4n) is 2.75. The third-order valence-corrected chi connectivity index (χ3v) is 4.38. The fourth-order valence-corrected chi connectivity index (χ4v) is 3.37. The highest BCUT2D eigenvalue weighted by Gasteiger charge is 2.30. The Morgan fingerprint density at radius 1 is 1.35 bits per heavy atom. The lowest BCUT2D eigenvalue weighted by Gasteiger charge is -2.33. The summed E-state index contributed by atoms with van der Waals surface area (Å²) >= 11 is 3.52. The highest BCUT2D eigenvalue weighted by atomic mass is 79.9. The molecule has 2 aliphatic rings. The quantitative estimate of drug-likeness (QED) is 0.777. The van der Waals surface area contributed by atoms with Crippen LogP contribution in [0.2, 0.25) is 0 Å². The number of carbonyl (C=O) groups excluding carboxylic acids is 1. The Labute approximate surface area is 111 Å². The summed E-state index contributed by atoms with van der Waals surface area (Å²) in [5.41, 5.74) is 0. The molecule has 0 spiro atoms. The van der Waals surface area contributed by atoms with Gasteiger partial charge in [0.2, 0.25) is 5.91 Å². The van der Waals surface area contributed by atoms with Crippen LogP contribution in [0, 0.1) is 5.92 Å². The molecule has 2 aliphatic heterocycles. The molecular weight excluding hydrogens is 284 g/mol. The summed E-state index contributed by atoms with van der Waals surface area (Å²) in [5, 5.41) is 8.88. The van der Waals surface area contributed by atoms with E-state index in [2.05, 4.69) is 20.8 Å². The number of rotatable bonds is 4. The first-order valence-corrected chi connectivity index (χ1v) is 7.35. The van der Waals surface area contributed by atoms with Crippen LogP contribution in [-0.2, 0) is 4.79 Å². The molecule has 0 radical (unpaired) electrons. The van der Waals surface area contributed by atoms with E-state index in [4.69, 9.17) is 5.11 Å². The zero-order chi connectivity index (χ0) is 12.3. The number of aliphatic hydroxyl groups excluding tert-OH is 1. The van der Waals surface area contributed by atoms with E-state index >= 15 is 0 Å². The summed E-state index contributed by atoms with van der Waals surface area (Å²) in [6.07, 6.45) is 2.96. The molecule has 2 heterocycles. The molecule has 2 fully saturated rings. The normalized spacial score (nSPS) is 28.0. The number of carbonyl (C=O) groups is 1. The van der Waals surface area contributed by atoms with Gasteiger partial charge in [0, 0.05) is 30.9 Å². The maximum atomic E-state index is 11.7. The van der Waals surface area contributed by atoms with Gasteiger partial charge in [-0.15, -0.1) is 0 Å². The Hall–Kier alpha value is -0.130. The van der Waals surface area contributed by atoms with E-state index in [0.717, 1.165) is 45.6 Å². The molecular formula is C12H21BrN2O2. The highest BCUT2D eigenvalue weighted by molar-refractivity contribution is 9.09. The predicted octanol–water partition coefficient (Wildman–Crippen LogP) is 0.687. The van der Waals surface area contributed by atoms with Gasteiger partial charge in [0.05, 0.1) is 6.61 Å². The van der Waals surface area contributed by atoms with Crippen molar-refractivity contribution in [1.82, 2.24) is 9.80 Å². The fraction of sp³-hybridized carbons (Fsp3) is 0.917. The number of nitrogens with zero attached hydrogens (tertiary/aromatic N) is 2. The lowest BCUT2D eigenvalue weighted by Crippen LogP contribution is -2.40. The van der Waals surface area contributed by atoms with Crippen LogP contribution in [0.25, 0.3) is 0 Å². The van der Waals surface area contributed by atoms with E-state index in [1.807, 2.05) is 4.90 Å². The van der Waals surface area contributed by atoms with Gasteiger partial charge in [-0.3, -0.25) is 4.79 Å². The third-order valence-electron chi connectivity index (χ3n) is 3.77. The van der Waals surface area contributed by atoms with E-state index in [-0.39, 0.29) is 6.61 Å². The van der Waals surface area contributed by atoms with Gasteiger partial charge in [-0.1, -0.05) is 15.9 Å². The minimum absolute atomic E-state index is 0.251. The Balaban J connectivity index is 1.73. The highest BCUT2D eigenvalue weighted by Crippen LogP contribution is 2.23. The standard InChI is InChI=1S/C12H21BrN2O2/c13-11-7-12(17)15(9-11)8-10-1-3-14(4-2-10)5-6-16/h10-11,16H,1-9H2. The van der Waals surface area contributed by atoms with Crippen molar-refractivity contribution in [3.63, 3.8) is 0 Å². The number of amides is 1. The molecule has 17 heavy (non-hydrogen) atoms. The topological polar surface area (TPSA) is 43.8 Å². The average Bonchev–Trinajstić information content (AvgIpc) is 2.61. The average molecular weight is 305 g/mol. The molecule has 0 saturated carbocycles. The molecule has 0 aromatic rings. The van der Waals surface area contributed by atoms with Gasteiger partial charge in [-0.25, -0.2) is 0 Å². The van der Waals surface area contributed by atoms with E-state index in [1.165, 1.54) is 0 Å². The molecule has 0 bridgehead atoms. The lowest BCUT2D eigenvalue weighted by atomic mass is 9.96. The van der Waals surface area contributed by atoms with E-state index in [0.29, 0.717) is 23.1 Å². The summed E-state index contributed by atoms with van der Waals surface area (Å²) in [4.78, 5) is 16.3. The molecule has 2 saturated heterocycles. The Morgan fingerprint density at radius 3 is 2.59 bits per heavy atom. The predicted molar refractivity (Wildman–Crippen MR) is 70.2 cm³/mol. The SMILES string of the molecule is O=C1CC(Br)CN1CC1CCN(CCO)CC1. The number of likely N-dealkylation sites (tertiary alicyclic amines) is 2. The molecule has 98 valence electrons. The number of alkyl halides is 1. The summed E-state index contributed by atoms with van der Waals surface area (Å²) in [5.74, 6) is 0.941. The second kappa shape index (κ2) is 6.16. The van der Waals surface area contributed by atoms with Crippen LogP contribution >= 0.6 is 15.9 Å². The van der Waals surface area contributed by atoms with Gasteiger partial charge in [0.1, 0.15) is 0 Å². The number of hydrogen-bond acceptors (Lipinski definition) is 3. The first-order chi connectivity index (χ1) is 8.19. The van der Waals surface area contributed by atoms with Gasteiger partial charge in [0.15, 0.2) is 0 Å². The molecule has 1 N–H and O–H groups in total. The Morgan fingerprint density at radius 2 is 2.06 bits per heavy atom. The van der Waals surface area contributed by atoms with Crippen molar-refractivity contribution < 1.29 is 9.90 Å². The van der Waals surface area contributed by atoms with Crippen molar-refractivity contribution in [1.29, 1.82) is 0 Å². The van der Waals surface area contributed by atoms with E-state index < -0.39 is 0 Å². The zero-order valence-corrected chi connectivity index (χ0v) is 11.7. The van der Waals surface area contributed by atoms with Crippen molar-refractivity contribution >= 4 is 21.8 Å². The number of hydrogen-bond donors (Lipinski definition) is 1. The summed E-state index contributed by atoms with van der Waals surface area (Å²) in [6, 6.07) is 0. The Bertz CT molecular complexity index is 267. The number of halogens is 1. The minimum atomic E-state index is 0.251. The van der Waals surface area contributed by atoms with Crippen LogP contribution in [0.5, 0.6) is 0 Å². The second-order valence-electron chi connectivity index (χ2n) is 5.11. The van der Waals surface area contributed by atoms with Crippen molar-refractivity contribution in [3.8, 4) is 0 Å². The third kappa shape index (κ3) is 3.66. The molecule has 0 aliphatic carbocycles. The number of aliphatic hydroxyl groups is 1. The van der Waals surface area contributed by atoms with E-state index in [1.54, 1.807) is 0 Å². The van der Waals surface area contributed by atoms with Crippen molar-refractivity contribution in [2.75, 3.05) is 39.3 Å².